The molecule has 0 aliphatic rings. The van der Waals surface area contributed by atoms with Crippen molar-refractivity contribution in [3.8, 4) is 0 Å². The molecule has 0 aliphatic carbocycles. The number of carboxylic acid groups (broad SMARTS) is 1. The average Bonchev–Trinajstić information content (AvgIpc) is 2.88. The molecule has 0 spiro atoms. The van der Waals surface area contributed by atoms with Crippen LogP contribution in [0.2, 0.25) is 0 Å². The zero-order chi connectivity index (χ0) is 14.7. The number of aliphatic carboxylic acids is 1. The third kappa shape index (κ3) is 3.36. The molecule has 2 aromatic rings. The number of thiophene rings is 1. The largest absolute Gasteiger partial charge is 0.481 e. The van der Waals surface area contributed by atoms with Gasteiger partial charge in [0.05, 0.1) is 11.1 Å². The molecule has 0 saturated heterocycles. The van der Waals surface area contributed by atoms with Crippen molar-refractivity contribution in [3.05, 3.63) is 21.8 Å². The van der Waals surface area contributed by atoms with Crippen LogP contribution < -0.4 is 5.56 Å². The van der Waals surface area contributed by atoms with Crippen LogP contribution in [-0.4, -0.2) is 37.9 Å². The van der Waals surface area contributed by atoms with Gasteiger partial charge in [0.2, 0.25) is 0 Å². The van der Waals surface area contributed by atoms with Crippen molar-refractivity contribution >= 4 is 51.0 Å². The Balaban J connectivity index is 2.47. The van der Waals surface area contributed by atoms with E-state index in [1.165, 1.54) is 11.3 Å². The molecule has 0 fully saturated rings. The van der Waals surface area contributed by atoms with Crippen LogP contribution in [0.25, 0.3) is 10.2 Å². The maximum Gasteiger partial charge on any atom is 0.313 e. The van der Waals surface area contributed by atoms with Crippen molar-refractivity contribution < 1.29 is 9.90 Å². The Morgan fingerprint density at radius 3 is 3.00 bits per heavy atom. The SMILES string of the molecule is CSC(C)Cn1c(SCC(=O)O)nc2sccc2c1=O. The lowest BCUT2D eigenvalue weighted by atomic mass is 10.4. The van der Waals surface area contributed by atoms with Crippen molar-refractivity contribution in [2.45, 2.75) is 23.9 Å². The molecule has 2 aromatic heterocycles. The van der Waals surface area contributed by atoms with Gasteiger partial charge in [-0.15, -0.1) is 11.3 Å². The fraction of sp³-hybridized carbons (Fsp3) is 0.417. The molecule has 108 valence electrons. The third-order valence-corrected chi connectivity index (χ3v) is 5.44. The molecule has 2 heterocycles. The lowest BCUT2D eigenvalue weighted by Crippen LogP contribution is -2.26. The summed E-state index contributed by atoms with van der Waals surface area (Å²) in [4.78, 5) is 28.3. The van der Waals surface area contributed by atoms with Gasteiger partial charge in [0.15, 0.2) is 5.16 Å². The standard InChI is InChI=1S/C12H14N2O3S3/c1-7(18-2)5-14-11(17)8-3-4-19-10(8)13-12(14)20-6-9(15)16/h3-4,7H,5-6H2,1-2H3,(H,15,16). The minimum absolute atomic E-state index is 0.0926. The van der Waals surface area contributed by atoms with Crippen LogP contribution in [0.3, 0.4) is 0 Å². The Kier molecular flexibility index (Phi) is 5.11. The first-order valence-corrected chi connectivity index (χ1v) is 9.03. The summed E-state index contributed by atoms with van der Waals surface area (Å²) < 4.78 is 1.59. The number of hydrogen-bond donors (Lipinski definition) is 1. The van der Waals surface area contributed by atoms with Gasteiger partial charge in [-0.25, -0.2) is 4.98 Å². The van der Waals surface area contributed by atoms with Crippen molar-refractivity contribution in [3.63, 3.8) is 0 Å². The van der Waals surface area contributed by atoms with Crippen molar-refractivity contribution in [1.29, 1.82) is 0 Å². The number of thioether (sulfide) groups is 2. The van der Waals surface area contributed by atoms with Crippen molar-refractivity contribution in [2.24, 2.45) is 0 Å². The van der Waals surface area contributed by atoms with Crippen LogP contribution >= 0.6 is 34.9 Å². The van der Waals surface area contributed by atoms with Crippen molar-refractivity contribution in [2.75, 3.05) is 12.0 Å². The lowest BCUT2D eigenvalue weighted by molar-refractivity contribution is -0.133. The van der Waals surface area contributed by atoms with Gasteiger partial charge in [-0.3, -0.25) is 14.2 Å². The maximum absolute atomic E-state index is 12.5. The van der Waals surface area contributed by atoms with Gasteiger partial charge in [-0.05, 0) is 17.7 Å². The number of hydrogen-bond acceptors (Lipinski definition) is 6. The first-order chi connectivity index (χ1) is 9.52. The molecule has 0 aliphatic heterocycles. The summed E-state index contributed by atoms with van der Waals surface area (Å²) in [6.45, 7) is 2.56. The van der Waals surface area contributed by atoms with E-state index in [4.69, 9.17) is 5.11 Å². The van der Waals surface area contributed by atoms with E-state index in [9.17, 15) is 9.59 Å². The summed E-state index contributed by atoms with van der Waals surface area (Å²) in [6, 6.07) is 1.77. The second kappa shape index (κ2) is 6.64. The van der Waals surface area contributed by atoms with Gasteiger partial charge in [0, 0.05) is 11.8 Å². The molecule has 8 heteroatoms. The van der Waals surface area contributed by atoms with Gasteiger partial charge in [0.25, 0.3) is 5.56 Å². The van der Waals surface area contributed by atoms with E-state index in [1.54, 1.807) is 22.4 Å². The maximum atomic E-state index is 12.5. The Morgan fingerprint density at radius 1 is 1.60 bits per heavy atom. The highest BCUT2D eigenvalue weighted by Crippen LogP contribution is 2.22. The number of carbonyl (C=O) groups is 1. The first kappa shape index (κ1) is 15.4. The molecule has 0 bridgehead atoms. The third-order valence-electron chi connectivity index (χ3n) is 2.72. The van der Waals surface area contributed by atoms with Crippen LogP contribution in [0.1, 0.15) is 6.92 Å². The van der Waals surface area contributed by atoms with Gasteiger partial charge in [-0.2, -0.15) is 11.8 Å². The van der Waals surface area contributed by atoms with Crippen LogP contribution in [-0.2, 0) is 11.3 Å². The molecule has 0 saturated carbocycles. The average molecular weight is 330 g/mol. The van der Waals surface area contributed by atoms with Crippen molar-refractivity contribution in [1.82, 2.24) is 9.55 Å². The first-order valence-electron chi connectivity index (χ1n) is 5.88. The number of fused-ring (bicyclic) bond motifs is 1. The zero-order valence-electron chi connectivity index (χ0n) is 11.0. The normalized spacial score (nSPS) is 12.7. The topological polar surface area (TPSA) is 72.2 Å². The van der Waals surface area contributed by atoms with E-state index in [0.29, 0.717) is 21.9 Å². The molecule has 2 rings (SSSR count). The summed E-state index contributed by atoms with van der Waals surface area (Å²) in [5.41, 5.74) is -0.0926. The fourth-order valence-electron chi connectivity index (χ4n) is 1.66. The van der Waals surface area contributed by atoms with E-state index >= 15 is 0 Å². The van der Waals surface area contributed by atoms with Crippen LogP contribution in [0.4, 0.5) is 0 Å². The summed E-state index contributed by atoms with van der Waals surface area (Å²) in [5, 5.41) is 12.0. The number of rotatable bonds is 6. The van der Waals surface area contributed by atoms with E-state index in [-0.39, 0.29) is 16.6 Å². The minimum atomic E-state index is -0.917. The predicted octanol–water partition coefficient (Wildman–Crippen LogP) is 2.39. The number of carboxylic acids is 1. The molecule has 0 amide bonds. The highest BCUT2D eigenvalue weighted by atomic mass is 32.2. The van der Waals surface area contributed by atoms with Crippen LogP contribution in [0.5, 0.6) is 0 Å². The lowest BCUT2D eigenvalue weighted by Gasteiger charge is -2.14. The van der Waals surface area contributed by atoms with Gasteiger partial charge in [0.1, 0.15) is 4.83 Å². The second-order valence-electron chi connectivity index (χ2n) is 4.18. The highest BCUT2D eigenvalue weighted by molar-refractivity contribution is 7.99. The number of nitrogens with zero attached hydrogens (tertiary/aromatic N) is 2. The molecule has 5 nitrogen and oxygen atoms in total. The molecule has 0 aromatic carbocycles. The fourth-order valence-corrected chi connectivity index (χ4v) is 3.49. The Morgan fingerprint density at radius 2 is 2.35 bits per heavy atom. The predicted molar refractivity (Wildman–Crippen MR) is 85.2 cm³/mol. The van der Waals surface area contributed by atoms with Gasteiger partial charge in [-0.1, -0.05) is 18.7 Å². The zero-order valence-corrected chi connectivity index (χ0v) is 13.5. The second-order valence-corrected chi connectivity index (χ2v) is 7.29. The summed E-state index contributed by atoms with van der Waals surface area (Å²) in [6.07, 6.45) is 1.98. The monoisotopic (exact) mass is 330 g/mol. The van der Waals surface area contributed by atoms with Gasteiger partial charge < -0.3 is 5.11 Å². The van der Waals surface area contributed by atoms with E-state index < -0.39 is 5.97 Å². The van der Waals surface area contributed by atoms with E-state index in [0.717, 1.165) is 11.8 Å². The van der Waals surface area contributed by atoms with E-state index in [1.807, 2.05) is 18.6 Å². The van der Waals surface area contributed by atoms with Crippen LogP contribution in [0.15, 0.2) is 21.4 Å². The molecule has 20 heavy (non-hydrogen) atoms. The Labute approximate surface area is 128 Å². The van der Waals surface area contributed by atoms with Crippen LogP contribution in [0, 0.1) is 0 Å². The molecular formula is C12H14N2O3S3. The highest BCUT2D eigenvalue weighted by Gasteiger charge is 2.15. The molecule has 0 radical (unpaired) electrons. The summed E-state index contributed by atoms with van der Waals surface area (Å²) >= 11 is 4.14. The summed E-state index contributed by atoms with van der Waals surface area (Å²) in [7, 11) is 0. The van der Waals surface area contributed by atoms with Gasteiger partial charge >= 0.3 is 5.97 Å². The minimum Gasteiger partial charge on any atom is -0.481 e. The van der Waals surface area contributed by atoms with E-state index in [2.05, 4.69) is 4.98 Å². The summed E-state index contributed by atoms with van der Waals surface area (Å²) in [5.74, 6) is -1.02. The molecule has 1 atom stereocenters. The smallest absolute Gasteiger partial charge is 0.313 e. The Hall–Kier alpha value is -0.990. The quantitative estimate of drug-likeness (QED) is 0.648. The number of aromatic nitrogens is 2. The molecule has 1 unspecified atom stereocenters. The Bertz CT molecular complexity index is 680. The molecular weight excluding hydrogens is 316 g/mol. The molecule has 1 N–H and O–H groups in total.